The fourth-order valence-corrected chi connectivity index (χ4v) is 15.0. The summed E-state index contributed by atoms with van der Waals surface area (Å²) in [6.07, 6.45) is 8.00. The highest BCUT2D eigenvalue weighted by molar-refractivity contribution is 14.1. The van der Waals surface area contributed by atoms with E-state index in [1.165, 1.54) is 28.8 Å². The molecule has 2 aromatic carbocycles. The molecular weight excluding hydrogens is 675 g/mol. The molecule has 6 heteroatoms. The largest absolute Gasteiger partial charge is 0.413 e. The predicted octanol–water partition coefficient (Wildman–Crippen LogP) is 9.06. The minimum Gasteiger partial charge on any atom is -0.413 e. The smallest absolute Gasteiger partial charge is 0.259 e. The van der Waals surface area contributed by atoms with Crippen molar-refractivity contribution < 1.29 is 14.0 Å². The van der Waals surface area contributed by atoms with Crippen molar-refractivity contribution in [3.05, 3.63) is 84.0 Å². The Hall–Kier alpha value is -1.04. The van der Waals surface area contributed by atoms with Gasteiger partial charge in [-0.3, -0.25) is 0 Å². The van der Waals surface area contributed by atoms with Gasteiger partial charge < -0.3 is 14.0 Å². The quantitative estimate of drug-likeness (QED) is 0.0913. The van der Waals surface area contributed by atoms with Gasteiger partial charge in [0.1, 0.15) is 0 Å². The number of allylic oxidation sites excluding steroid dienone is 1. The monoisotopic (exact) mass is 732 g/mol. The van der Waals surface area contributed by atoms with Crippen LogP contribution in [0.2, 0.25) is 23.7 Å². The van der Waals surface area contributed by atoms with E-state index in [-0.39, 0.29) is 10.5 Å². The van der Waals surface area contributed by atoms with Crippen LogP contribution in [0.1, 0.15) is 74.1 Å². The van der Waals surface area contributed by atoms with Crippen LogP contribution in [-0.4, -0.2) is 45.5 Å². The van der Waals surface area contributed by atoms with Crippen LogP contribution in [-0.2, 0) is 8.85 Å². The van der Waals surface area contributed by atoms with Crippen LogP contribution in [0.3, 0.4) is 0 Å². The average Bonchev–Trinajstić information content (AvgIpc) is 3.30. The molecule has 2 aromatic rings. The van der Waals surface area contributed by atoms with Gasteiger partial charge >= 0.3 is 0 Å². The van der Waals surface area contributed by atoms with Crippen molar-refractivity contribution in [1.29, 1.82) is 0 Å². The molecule has 3 rings (SSSR count). The molecule has 1 aliphatic carbocycles. The summed E-state index contributed by atoms with van der Waals surface area (Å²) in [7, 11) is -4.31. The number of hydrogen-bond acceptors (Lipinski definition) is 3. The summed E-state index contributed by atoms with van der Waals surface area (Å²) < 4.78 is 14.5. The molecule has 0 radical (unpaired) electrons. The number of benzene rings is 2. The van der Waals surface area contributed by atoms with Gasteiger partial charge in [0.05, 0.1) is 12.7 Å². The lowest BCUT2D eigenvalue weighted by Crippen LogP contribution is -2.65. The van der Waals surface area contributed by atoms with E-state index in [1.54, 1.807) is 0 Å². The van der Waals surface area contributed by atoms with Gasteiger partial charge in [0.2, 0.25) is 0 Å². The van der Waals surface area contributed by atoms with E-state index in [1.807, 2.05) is 6.08 Å². The zero-order valence-electron chi connectivity index (χ0n) is 28.3. The maximum atomic E-state index is 10.9. The third-order valence-electron chi connectivity index (χ3n) is 10.3. The molecule has 1 N–H and O–H groups in total. The molecule has 1 saturated carbocycles. The molecule has 0 spiro atoms. The molecule has 238 valence electrons. The van der Waals surface area contributed by atoms with Crippen molar-refractivity contribution in [1.82, 2.24) is 0 Å². The van der Waals surface area contributed by atoms with Crippen LogP contribution in [0.4, 0.5) is 0 Å². The summed E-state index contributed by atoms with van der Waals surface area (Å²) in [5.41, 5.74) is 3.07. The zero-order chi connectivity index (χ0) is 31.9. The minimum absolute atomic E-state index is 0.184. The zero-order valence-corrected chi connectivity index (χ0v) is 32.4. The van der Waals surface area contributed by atoms with Crippen LogP contribution >= 0.6 is 22.6 Å². The van der Waals surface area contributed by atoms with Crippen molar-refractivity contribution in [3.8, 4) is 0 Å². The van der Waals surface area contributed by atoms with E-state index < -0.39 is 22.7 Å². The van der Waals surface area contributed by atoms with Crippen LogP contribution in [0.15, 0.2) is 84.0 Å². The van der Waals surface area contributed by atoms with Gasteiger partial charge in [-0.25, -0.2) is 0 Å². The Morgan fingerprint density at radius 2 is 1.56 bits per heavy atom. The Morgan fingerprint density at radius 1 is 1.00 bits per heavy atom. The molecule has 0 amide bonds. The molecule has 1 fully saturated rings. The van der Waals surface area contributed by atoms with Crippen molar-refractivity contribution >= 4 is 49.6 Å². The molecular formula is C37H57IO3Si2. The van der Waals surface area contributed by atoms with Crippen molar-refractivity contribution in [2.24, 2.45) is 11.3 Å². The second kappa shape index (κ2) is 15.5. The second-order valence-corrected chi connectivity index (χ2v) is 23.9. The number of aliphatic hydroxyl groups is 1. The van der Waals surface area contributed by atoms with E-state index >= 15 is 0 Å². The molecule has 43 heavy (non-hydrogen) atoms. The van der Waals surface area contributed by atoms with E-state index in [0.29, 0.717) is 24.5 Å². The molecule has 3 nitrogen and oxygen atoms in total. The van der Waals surface area contributed by atoms with Gasteiger partial charge in [0, 0.05) is 11.0 Å². The van der Waals surface area contributed by atoms with E-state index in [4.69, 9.17) is 8.85 Å². The summed E-state index contributed by atoms with van der Waals surface area (Å²) in [6.45, 7) is 21.6. The highest BCUT2D eigenvalue weighted by atomic mass is 127. The van der Waals surface area contributed by atoms with Crippen LogP contribution in [0.25, 0.3) is 0 Å². The summed E-state index contributed by atoms with van der Waals surface area (Å²) in [5.74, 6) is 0.551. The van der Waals surface area contributed by atoms with Gasteiger partial charge in [-0.05, 0) is 91.8 Å². The summed E-state index contributed by atoms with van der Waals surface area (Å²) in [6, 6.07) is 22.2. The third-order valence-corrected chi connectivity index (χ3v) is 20.6. The first kappa shape index (κ1) is 36.4. The lowest BCUT2D eigenvalue weighted by Gasteiger charge is -2.42. The first-order valence-corrected chi connectivity index (χ1v) is 22.6. The molecule has 0 heterocycles. The van der Waals surface area contributed by atoms with Gasteiger partial charge in [0.25, 0.3) is 8.32 Å². The first-order valence-electron chi connectivity index (χ1n) is 16.2. The number of alkyl halides is 1. The molecule has 0 aromatic heterocycles. The highest BCUT2D eigenvalue weighted by Gasteiger charge is 2.57. The Bertz CT molecular complexity index is 1170. The lowest BCUT2D eigenvalue weighted by molar-refractivity contribution is 0.219. The van der Waals surface area contributed by atoms with Gasteiger partial charge in [0.15, 0.2) is 8.32 Å². The predicted molar refractivity (Wildman–Crippen MR) is 199 cm³/mol. The normalized spacial score (nSPS) is 23.0. The van der Waals surface area contributed by atoms with E-state index in [9.17, 15) is 5.11 Å². The molecule has 4 atom stereocenters. The Labute approximate surface area is 279 Å². The first-order chi connectivity index (χ1) is 20.2. The highest BCUT2D eigenvalue weighted by Crippen LogP contribution is 2.56. The summed E-state index contributed by atoms with van der Waals surface area (Å²) in [5, 5.41) is 13.9. The molecule has 0 aliphatic heterocycles. The number of rotatable bonds is 14. The third kappa shape index (κ3) is 8.82. The van der Waals surface area contributed by atoms with Crippen molar-refractivity contribution in [2.45, 2.75) is 104 Å². The van der Waals surface area contributed by atoms with Gasteiger partial charge in [-0.2, -0.15) is 0 Å². The average molecular weight is 733 g/mol. The fraction of sp³-hybridized carbons (Fsp3) is 0.568. The number of halogens is 1. The maximum Gasteiger partial charge on any atom is 0.259 e. The lowest BCUT2D eigenvalue weighted by atomic mass is 9.77. The van der Waals surface area contributed by atoms with Crippen LogP contribution in [0, 0.1) is 11.3 Å². The van der Waals surface area contributed by atoms with Crippen LogP contribution in [0.5, 0.6) is 0 Å². The standard InChI is InChI=1S/C37H57IO3Si2/c1-10-40-43(32-17-13-11-14-18-32,33-19-15-12-16-20-33)35-22-24-37(7,34(35)27-38)23-21-29(2)25-31(39)26-30(3)28-41-42(8,9)36(4,5)6/h11-21,26,31,34-35,39H,10,22-25,27-28H2,1-9H3/b29-21+,30-26+/t31?,34-,35+,37-/m0/s1. The minimum atomic E-state index is -2.50. The number of hydrogen-bond donors (Lipinski definition) is 1. The van der Waals surface area contributed by atoms with E-state index in [2.05, 4.69) is 151 Å². The Morgan fingerprint density at radius 3 is 2.05 bits per heavy atom. The molecule has 1 aliphatic rings. The van der Waals surface area contributed by atoms with E-state index in [0.717, 1.165) is 23.0 Å². The van der Waals surface area contributed by atoms with Crippen molar-refractivity contribution in [3.63, 3.8) is 0 Å². The second-order valence-electron chi connectivity index (χ2n) is 14.5. The van der Waals surface area contributed by atoms with Crippen molar-refractivity contribution in [2.75, 3.05) is 17.6 Å². The fourth-order valence-electron chi connectivity index (χ4n) is 6.63. The summed E-state index contributed by atoms with van der Waals surface area (Å²) >= 11 is 2.63. The van der Waals surface area contributed by atoms with Gasteiger partial charge in [-0.15, -0.1) is 0 Å². The van der Waals surface area contributed by atoms with Gasteiger partial charge in [-0.1, -0.05) is 134 Å². The number of aliphatic hydroxyl groups excluding tert-OH is 1. The van der Waals surface area contributed by atoms with Crippen LogP contribution < -0.4 is 10.4 Å². The maximum absolute atomic E-state index is 10.9. The molecule has 0 saturated heterocycles. The Kier molecular flexibility index (Phi) is 13.1. The summed E-state index contributed by atoms with van der Waals surface area (Å²) in [4.78, 5) is 0. The SMILES string of the molecule is CCO[Si](c1ccccc1)(c1ccccc1)[C@@H]1CC[C@](C)(C/C=C(\C)CC(O)/C=C(\C)CO[Si](C)(C)C(C)(C)C)[C@H]1CI. The topological polar surface area (TPSA) is 38.7 Å². The molecule has 1 unspecified atom stereocenters. The molecule has 0 bridgehead atoms. The Balaban J connectivity index is 1.79.